The number of rotatable bonds is 4. The molecule has 0 aromatic carbocycles. The Kier molecular flexibility index (Phi) is 5.46. The van der Waals surface area contributed by atoms with E-state index in [1.165, 1.54) is 6.08 Å². The first kappa shape index (κ1) is 20.3. The fraction of sp³-hybridized carbons (Fsp3) is 0.524. The van der Waals surface area contributed by atoms with Crippen LogP contribution in [-0.2, 0) is 9.53 Å². The van der Waals surface area contributed by atoms with Crippen LogP contribution in [0.2, 0.25) is 0 Å². The van der Waals surface area contributed by atoms with Crippen LogP contribution in [0.25, 0.3) is 11.2 Å². The van der Waals surface area contributed by atoms with Crippen LogP contribution >= 0.6 is 0 Å². The molecule has 0 saturated carbocycles. The molecule has 1 atom stereocenters. The van der Waals surface area contributed by atoms with Crippen LogP contribution in [0.3, 0.4) is 0 Å². The predicted octanol–water partition coefficient (Wildman–Crippen LogP) is 1.48. The van der Waals surface area contributed by atoms with Gasteiger partial charge in [0.25, 0.3) is 5.91 Å². The Morgan fingerprint density at radius 1 is 1.40 bits per heavy atom. The van der Waals surface area contributed by atoms with Crippen molar-refractivity contribution in [3.8, 4) is 0 Å². The molecule has 2 amide bonds. The summed E-state index contributed by atoms with van der Waals surface area (Å²) in [5, 5.41) is 3.03. The zero-order chi connectivity index (χ0) is 21.3. The Hall–Kier alpha value is -2.94. The van der Waals surface area contributed by atoms with Crippen molar-refractivity contribution >= 4 is 28.8 Å². The monoisotopic (exact) mass is 412 g/mol. The molecule has 4 rings (SSSR count). The molecular weight excluding hydrogens is 384 g/mol. The van der Waals surface area contributed by atoms with Gasteiger partial charge in [-0.05, 0) is 32.8 Å². The number of aromatic nitrogens is 3. The van der Waals surface area contributed by atoms with Crippen LogP contribution in [0.1, 0.15) is 37.0 Å². The summed E-state index contributed by atoms with van der Waals surface area (Å²) in [4.78, 5) is 41.1. The highest BCUT2D eigenvalue weighted by Crippen LogP contribution is 2.26. The molecule has 9 nitrogen and oxygen atoms in total. The highest BCUT2D eigenvalue weighted by molar-refractivity contribution is 6.04. The smallest absolute Gasteiger partial charge is 0.255 e. The zero-order valence-electron chi connectivity index (χ0n) is 17.5. The Bertz CT molecular complexity index is 963. The molecule has 0 radical (unpaired) electrons. The van der Waals surface area contributed by atoms with Crippen LogP contribution in [0, 0.1) is 0 Å². The molecule has 4 heterocycles. The number of amides is 2. The minimum atomic E-state index is -0.376. The first-order valence-electron chi connectivity index (χ1n) is 10.3. The maximum absolute atomic E-state index is 12.8. The molecule has 0 unspecified atom stereocenters. The van der Waals surface area contributed by atoms with Gasteiger partial charge in [-0.3, -0.25) is 9.59 Å². The van der Waals surface area contributed by atoms with E-state index in [-0.39, 0.29) is 23.4 Å². The van der Waals surface area contributed by atoms with Crippen molar-refractivity contribution in [2.45, 2.75) is 38.3 Å². The molecule has 160 valence electrons. The van der Waals surface area contributed by atoms with Gasteiger partial charge in [-0.25, -0.2) is 9.97 Å². The zero-order valence-corrected chi connectivity index (χ0v) is 17.5. The first-order chi connectivity index (χ1) is 14.4. The fourth-order valence-electron chi connectivity index (χ4n) is 4.19. The van der Waals surface area contributed by atoms with E-state index in [0.717, 1.165) is 19.4 Å². The van der Waals surface area contributed by atoms with E-state index < -0.39 is 0 Å². The van der Waals surface area contributed by atoms with E-state index in [9.17, 15) is 9.59 Å². The highest BCUT2D eigenvalue weighted by Gasteiger charge is 2.36. The minimum Gasteiger partial charge on any atom is -0.379 e. The van der Waals surface area contributed by atoms with Gasteiger partial charge in [-0.2, -0.15) is 0 Å². The third-order valence-corrected chi connectivity index (χ3v) is 5.77. The summed E-state index contributed by atoms with van der Waals surface area (Å²) in [7, 11) is 0. The maximum Gasteiger partial charge on any atom is 0.255 e. The van der Waals surface area contributed by atoms with Crippen molar-refractivity contribution in [3.63, 3.8) is 0 Å². The van der Waals surface area contributed by atoms with Gasteiger partial charge in [0, 0.05) is 32.4 Å². The van der Waals surface area contributed by atoms with Crippen molar-refractivity contribution in [1.29, 1.82) is 0 Å². The summed E-state index contributed by atoms with van der Waals surface area (Å²) in [6, 6.07) is 0.0172. The molecule has 0 spiro atoms. The molecule has 2 aliphatic rings. The van der Waals surface area contributed by atoms with E-state index >= 15 is 0 Å². The lowest BCUT2D eigenvalue weighted by atomic mass is 9.98. The third-order valence-electron chi connectivity index (χ3n) is 5.77. The number of anilines is 1. The number of aromatic amines is 1. The molecule has 2 saturated heterocycles. The van der Waals surface area contributed by atoms with Crippen LogP contribution in [-0.4, -0.2) is 76.1 Å². The Labute approximate surface area is 175 Å². The highest BCUT2D eigenvalue weighted by atomic mass is 16.5. The van der Waals surface area contributed by atoms with Gasteiger partial charge in [0.2, 0.25) is 5.91 Å². The van der Waals surface area contributed by atoms with E-state index in [1.807, 2.05) is 18.7 Å². The second kappa shape index (κ2) is 8.06. The average Bonchev–Trinajstić information content (AvgIpc) is 3.16. The van der Waals surface area contributed by atoms with Crippen LogP contribution in [0.15, 0.2) is 25.0 Å². The van der Waals surface area contributed by atoms with Gasteiger partial charge >= 0.3 is 0 Å². The van der Waals surface area contributed by atoms with Crippen molar-refractivity contribution in [2.75, 3.05) is 37.7 Å². The summed E-state index contributed by atoms with van der Waals surface area (Å²) in [5.74, 6) is 0.443. The second-order valence-corrected chi connectivity index (χ2v) is 8.44. The van der Waals surface area contributed by atoms with Gasteiger partial charge in [-0.1, -0.05) is 6.58 Å². The van der Waals surface area contributed by atoms with Gasteiger partial charge in [0.1, 0.15) is 11.3 Å². The van der Waals surface area contributed by atoms with Gasteiger partial charge in [0.05, 0.1) is 29.9 Å². The number of nitrogens with zero attached hydrogens (tertiary/aromatic N) is 4. The number of piperazine rings is 1. The number of carbonyl (C=O) groups excluding carboxylic acids is 2. The molecule has 2 aromatic heterocycles. The molecule has 2 N–H and O–H groups in total. The first-order valence-corrected chi connectivity index (χ1v) is 10.3. The summed E-state index contributed by atoms with van der Waals surface area (Å²) >= 11 is 0. The van der Waals surface area contributed by atoms with E-state index in [4.69, 9.17) is 9.72 Å². The number of hydrogen-bond acceptors (Lipinski definition) is 6. The minimum absolute atomic E-state index is 0.0172. The fourth-order valence-corrected chi connectivity index (χ4v) is 4.19. The lowest BCUT2D eigenvalue weighted by molar-refractivity contribution is -0.131. The molecule has 0 bridgehead atoms. The molecule has 2 aromatic rings. The molecule has 2 fully saturated rings. The van der Waals surface area contributed by atoms with Crippen molar-refractivity contribution in [2.24, 2.45) is 0 Å². The number of ether oxygens (including phenoxy) is 1. The topological polar surface area (TPSA) is 103 Å². The lowest BCUT2D eigenvalue weighted by Gasteiger charge is -2.47. The van der Waals surface area contributed by atoms with Crippen molar-refractivity contribution in [1.82, 2.24) is 25.2 Å². The van der Waals surface area contributed by atoms with Crippen LogP contribution < -0.4 is 10.2 Å². The van der Waals surface area contributed by atoms with E-state index in [0.29, 0.717) is 48.8 Å². The van der Waals surface area contributed by atoms with Gasteiger partial charge < -0.3 is 24.8 Å². The number of carbonyl (C=O) groups is 2. The third kappa shape index (κ3) is 3.89. The molecule has 9 heteroatoms. The van der Waals surface area contributed by atoms with Crippen LogP contribution in [0.5, 0.6) is 0 Å². The van der Waals surface area contributed by atoms with Crippen LogP contribution in [0.4, 0.5) is 5.82 Å². The Balaban J connectivity index is 1.55. The summed E-state index contributed by atoms with van der Waals surface area (Å²) in [6.45, 7) is 10.7. The largest absolute Gasteiger partial charge is 0.379 e. The van der Waals surface area contributed by atoms with E-state index in [2.05, 4.69) is 26.8 Å². The lowest BCUT2D eigenvalue weighted by Crippen LogP contribution is -2.61. The maximum atomic E-state index is 12.8. The Morgan fingerprint density at radius 3 is 2.93 bits per heavy atom. The summed E-state index contributed by atoms with van der Waals surface area (Å²) in [5.41, 5.74) is 1.22. The normalized spacial score (nSPS) is 21.5. The van der Waals surface area contributed by atoms with E-state index in [1.54, 1.807) is 12.4 Å². The number of fused-ring (bicyclic) bond motifs is 1. The van der Waals surface area contributed by atoms with Crippen molar-refractivity contribution < 1.29 is 14.3 Å². The summed E-state index contributed by atoms with van der Waals surface area (Å²) < 4.78 is 5.45. The Morgan fingerprint density at radius 2 is 2.23 bits per heavy atom. The molecule has 0 aliphatic carbocycles. The average molecular weight is 412 g/mol. The molecule has 2 aliphatic heterocycles. The summed E-state index contributed by atoms with van der Waals surface area (Å²) in [6.07, 6.45) is 6.56. The van der Waals surface area contributed by atoms with Gasteiger partial charge in [0.15, 0.2) is 5.65 Å². The number of hydrogen-bond donors (Lipinski definition) is 2. The standard InChI is InChI=1S/C21H28N6O3/c1-4-17(28)27-8-7-26(13-21(27,2)3)16-11-23-19-18(25-16)15(10-22-19)20(29)24-14-6-5-9-30-12-14/h4,10-11,14H,1,5-9,12-13H2,2-3H3,(H,22,23)(H,24,29)/t14-/m1/s1. The quantitative estimate of drug-likeness (QED) is 0.738. The predicted molar refractivity (Wildman–Crippen MR) is 113 cm³/mol. The molecular formula is C21H28N6O3. The number of H-pyrrole nitrogens is 1. The SMILES string of the molecule is C=CC(=O)N1CCN(c2cnc3[nH]cc(C(=O)N[C@@H]4CCCOC4)c3n2)CC1(C)C. The van der Waals surface area contributed by atoms with Crippen molar-refractivity contribution in [3.05, 3.63) is 30.6 Å². The number of nitrogens with one attached hydrogen (secondary N) is 2. The molecule has 30 heavy (non-hydrogen) atoms. The second-order valence-electron chi connectivity index (χ2n) is 8.44. The van der Waals surface area contributed by atoms with Gasteiger partial charge in [-0.15, -0.1) is 0 Å².